The Kier molecular flexibility index (Phi) is 55.8. The standard InChI is InChI=1S/C64H111NO3/c1-3-5-7-9-11-13-15-17-19-21-23-25-27-29-31-32-34-35-37-39-41-43-45-47-49-51-53-55-57-59-63(67)62(61-66)65-64(68)60-58-56-54-52-50-48-46-44-42-40-38-36-33-30-28-26-24-22-20-18-16-14-12-10-8-6-4-2/h6,8,12,14,18,20,24,26,30,33,38,40,44,46,50,52,57,59,62-63,66-67H,3-5,7,9-11,13,15-17,19,21-23,25,27-29,31-32,34-37,39,41-43,45,47-49,51,53-56,58,60-61H2,1-2H3,(H,65,68)/b8-6-,14-12-,20-18-,26-24-,33-30-,40-38-,46-44-,52-50-,59-57+. The van der Waals surface area contributed by atoms with Crippen LogP contribution in [0.4, 0.5) is 0 Å². The highest BCUT2D eigenvalue weighted by molar-refractivity contribution is 5.76. The van der Waals surface area contributed by atoms with E-state index >= 15 is 0 Å². The first-order chi connectivity index (χ1) is 33.7. The molecular weight excluding hydrogens is 831 g/mol. The molecule has 68 heavy (non-hydrogen) atoms. The number of allylic oxidation sites excluding steroid dienone is 17. The Bertz CT molecular complexity index is 1300. The topological polar surface area (TPSA) is 69.6 Å². The van der Waals surface area contributed by atoms with Crippen LogP contribution in [0.5, 0.6) is 0 Å². The fourth-order valence-electron chi connectivity index (χ4n) is 8.37. The quantitative estimate of drug-likeness (QED) is 0.0420. The molecule has 0 aliphatic carbocycles. The Morgan fingerprint density at radius 3 is 0.971 bits per heavy atom. The first kappa shape index (κ1) is 65.0. The van der Waals surface area contributed by atoms with Crippen LogP contribution in [0.3, 0.4) is 0 Å². The molecule has 0 aromatic rings. The van der Waals surface area contributed by atoms with E-state index in [1.54, 1.807) is 6.08 Å². The molecule has 2 unspecified atom stereocenters. The van der Waals surface area contributed by atoms with Crippen LogP contribution in [0.1, 0.15) is 271 Å². The minimum atomic E-state index is -0.867. The van der Waals surface area contributed by atoms with Gasteiger partial charge in [-0.05, 0) is 83.5 Å². The van der Waals surface area contributed by atoms with Crippen LogP contribution in [0.25, 0.3) is 0 Å². The lowest BCUT2D eigenvalue weighted by atomic mass is 10.0. The molecule has 0 aliphatic heterocycles. The van der Waals surface area contributed by atoms with E-state index in [0.717, 1.165) is 83.5 Å². The average molecular weight is 943 g/mol. The predicted molar refractivity (Wildman–Crippen MR) is 303 cm³/mol. The second-order valence-corrected chi connectivity index (χ2v) is 19.3. The van der Waals surface area contributed by atoms with Gasteiger partial charge in [0.05, 0.1) is 18.8 Å². The van der Waals surface area contributed by atoms with Gasteiger partial charge in [0.2, 0.25) is 5.91 Å². The fourth-order valence-corrected chi connectivity index (χ4v) is 8.37. The normalized spacial score (nSPS) is 13.6. The Labute approximate surface area is 423 Å². The van der Waals surface area contributed by atoms with Crippen molar-refractivity contribution < 1.29 is 15.0 Å². The summed E-state index contributed by atoms with van der Waals surface area (Å²) in [5.74, 6) is -0.108. The van der Waals surface area contributed by atoms with Crippen molar-refractivity contribution in [1.82, 2.24) is 5.32 Å². The molecule has 4 nitrogen and oxygen atoms in total. The summed E-state index contributed by atoms with van der Waals surface area (Å²) >= 11 is 0. The van der Waals surface area contributed by atoms with Crippen molar-refractivity contribution in [3.05, 3.63) is 109 Å². The average Bonchev–Trinajstić information content (AvgIpc) is 3.34. The number of nitrogens with one attached hydrogen (secondary N) is 1. The monoisotopic (exact) mass is 942 g/mol. The number of hydrogen-bond acceptors (Lipinski definition) is 3. The molecule has 0 saturated carbocycles. The Hall–Kier alpha value is -2.95. The van der Waals surface area contributed by atoms with E-state index in [1.807, 2.05) is 6.08 Å². The number of hydrogen-bond donors (Lipinski definition) is 3. The molecule has 0 rings (SSSR count). The van der Waals surface area contributed by atoms with Crippen LogP contribution >= 0.6 is 0 Å². The van der Waals surface area contributed by atoms with Crippen molar-refractivity contribution in [2.75, 3.05) is 6.61 Å². The van der Waals surface area contributed by atoms with Gasteiger partial charge in [-0.15, -0.1) is 0 Å². The van der Waals surface area contributed by atoms with Gasteiger partial charge < -0.3 is 15.5 Å². The summed E-state index contributed by atoms with van der Waals surface area (Å²) in [4.78, 5) is 12.5. The van der Waals surface area contributed by atoms with Crippen LogP contribution in [-0.2, 0) is 4.79 Å². The smallest absolute Gasteiger partial charge is 0.220 e. The Morgan fingerprint density at radius 1 is 0.368 bits per heavy atom. The van der Waals surface area contributed by atoms with Gasteiger partial charge in [-0.1, -0.05) is 290 Å². The fraction of sp³-hybridized carbons (Fsp3) is 0.703. The molecular formula is C64H111NO3. The Morgan fingerprint density at radius 2 is 0.647 bits per heavy atom. The molecule has 3 N–H and O–H groups in total. The van der Waals surface area contributed by atoms with E-state index in [9.17, 15) is 15.0 Å². The number of rotatable bonds is 52. The first-order valence-corrected chi connectivity index (χ1v) is 29.1. The van der Waals surface area contributed by atoms with Gasteiger partial charge in [0.15, 0.2) is 0 Å². The maximum absolute atomic E-state index is 12.5. The summed E-state index contributed by atoms with van der Waals surface area (Å²) in [6.45, 7) is 4.19. The maximum atomic E-state index is 12.5. The largest absolute Gasteiger partial charge is 0.394 e. The SMILES string of the molecule is CC/C=C\C/C=C\C/C=C\C/C=C\C/C=C\C/C=C\C/C=C\C/C=C\CCCCC(=O)NC(CO)C(O)/C=C/CCCCCCCCCCCCCCCCCCCCCCCCCCCCC. The molecule has 0 aliphatic rings. The molecule has 0 fully saturated rings. The van der Waals surface area contributed by atoms with Crippen LogP contribution in [-0.4, -0.2) is 34.9 Å². The zero-order valence-electron chi connectivity index (χ0n) is 44.8. The zero-order valence-corrected chi connectivity index (χ0v) is 44.8. The summed E-state index contributed by atoms with van der Waals surface area (Å²) in [7, 11) is 0. The second-order valence-electron chi connectivity index (χ2n) is 19.3. The third-order valence-electron chi connectivity index (χ3n) is 12.8. The lowest BCUT2D eigenvalue weighted by Gasteiger charge is -2.19. The van der Waals surface area contributed by atoms with Gasteiger partial charge in [0.1, 0.15) is 0 Å². The van der Waals surface area contributed by atoms with Crippen molar-refractivity contribution >= 4 is 5.91 Å². The van der Waals surface area contributed by atoms with Crippen molar-refractivity contribution in [2.24, 2.45) is 0 Å². The minimum absolute atomic E-state index is 0.108. The summed E-state index contributed by atoms with van der Waals surface area (Å²) < 4.78 is 0. The highest BCUT2D eigenvalue weighted by Gasteiger charge is 2.17. The van der Waals surface area contributed by atoms with Crippen LogP contribution in [0.15, 0.2) is 109 Å². The Balaban J connectivity index is 3.62. The summed E-state index contributed by atoms with van der Waals surface area (Å²) in [5, 5.41) is 23.2. The molecule has 0 aromatic carbocycles. The predicted octanol–water partition coefficient (Wildman–Crippen LogP) is 19.5. The molecule has 0 radical (unpaired) electrons. The van der Waals surface area contributed by atoms with E-state index < -0.39 is 12.1 Å². The molecule has 4 heteroatoms. The number of aliphatic hydroxyl groups is 2. The third kappa shape index (κ3) is 54.0. The zero-order chi connectivity index (χ0) is 49.2. The number of carbonyl (C=O) groups is 1. The molecule has 2 atom stereocenters. The lowest BCUT2D eigenvalue weighted by molar-refractivity contribution is -0.123. The van der Waals surface area contributed by atoms with Crippen molar-refractivity contribution in [3.8, 4) is 0 Å². The van der Waals surface area contributed by atoms with Gasteiger partial charge >= 0.3 is 0 Å². The van der Waals surface area contributed by atoms with Crippen molar-refractivity contribution in [3.63, 3.8) is 0 Å². The maximum Gasteiger partial charge on any atom is 0.220 e. The van der Waals surface area contributed by atoms with E-state index in [0.29, 0.717) is 6.42 Å². The molecule has 1 amide bonds. The van der Waals surface area contributed by atoms with E-state index in [1.165, 1.54) is 167 Å². The minimum Gasteiger partial charge on any atom is -0.394 e. The number of carbonyl (C=O) groups excluding carboxylic acids is 1. The first-order valence-electron chi connectivity index (χ1n) is 29.1. The molecule has 0 saturated heterocycles. The van der Waals surface area contributed by atoms with Crippen molar-refractivity contribution in [2.45, 2.75) is 283 Å². The highest BCUT2D eigenvalue weighted by Crippen LogP contribution is 2.17. The van der Waals surface area contributed by atoms with Gasteiger partial charge in [-0.25, -0.2) is 0 Å². The highest BCUT2D eigenvalue weighted by atomic mass is 16.3. The van der Waals surface area contributed by atoms with E-state index in [2.05, 4.69) is 116 Å². The van der Waals surface area contributed by atoms with Gasteiger partial charge in [-0.3, -0.25) is 4.79 Å². The molecule has 0 bridgehead atoms. The van der Waals surface area contributed by atoms with Gasteiger partial charge in [0.25, 0.3) is 0 Å². The van der Waals surface area contributed by atoms with E-state index in [4.69, 9.17) is 0 Å². The second kappa shape index (κ2) is 58.4. The summed E-state index contributed by atoms with van der Waals surface area (Å²) in [5.41, 5.74) is 0. The van der Waals surface area contributed by atoms with Gasteiger partial charge in [0, 0.05) is 6.42 Å². The van der Waals surface area contributed by atoms with Crippen LogP contribution < -0.4 is 5.32 Å². The number of aliphatic hydroxyl groups excluding tert-OH is 2. The van der Waals surface area contributed by atoms with Crippen LogP contribution in [0.2, 0.25) is 0 Å². The number of unbranched alkanes of at least 4 members (excludes halogenated alkanes) is 29. The van der Waals surface area contributed by atoms with Gasteiger partial charge in [-0.2, -0.15) is 0 Å². The lowest BCUT2D eigenvalue weighted by Crippen LogP contribution is -2.45. The number of amides is 1. The summed E-state index contributed by atoms with van der Waals surface area (Å²) in [6, 6.07) is -0.655. The van der Waals surface area contributed by atoms with Crippen molar-refractivity contribution in [1.29, 1.82) is 0 Å². The van der Waals surface area contributed by atoms with E-state index in [-0.39, 0.29) is 12.5 Å². The molecule has 390 valence electrons. The van der Waals surface area contributed by atoms with Crippen LogP contribution in [0, 0.1) is 0 Å². The molecule has 0 aromatic heterocycles. The molecule has 0 spiro atoms. The third-order valence-corrected chi connectivity index (χ3v) is 12.8. The summed E-state index contributed by atoms with van der Waals surface area (Å²) in [6.07, 6.45) is 88.3. The molecule has 0 heterocycles.